The van der Waals surface area contributed by atoms with Gasteiger partial charge in [0.25, 0.3) is 0 Å². The topological polar surface area (TPSA) is 54.6 Å². The smallest absolute Gasteiger partial charge is 0.223 e. The van der Waals surface area contributed by atoms with Crippen molar-refractivity contribution in [1.29, 1.82) is 0 Å². The first-order valence-corrected chi connectivity index (χ1v) is 10.4. The highest BCUT2D eigenvalue weighted by Gasteiger charge is 2.25. The average molecular weight is 413 g/mol. The highest BCUT2D eigenvalue weighted by molar-refractivity contribution is 6.31. The van der Waals surface area contributed by atoms with Crippen molar-refractivity contribution in [2.24, 2.45) is 0 Å². The number of nitrogens with one attached hydrogen (secondary N) is 1. The molecule has 1 N–H and O–H groups in total. The van der Waals surface area contributed by atoms with Crippen LogP contribution in [0.25, 0.3) is 10.9 Å². The summed E-state index contributed by atoms with van der Waals surface area (Å²) in [5.41, 5.74) is 3.17. The van der Waals surface area contributed by atoms with E-state index in [1.54, 1.807) is 0 Å². The van der Waals surface area contributed by atoms with Gasteiger partial charge in [0.1, 0.15) is 5.75 Å². The molecular weight excluding hydrogens is 388 g/mol. The fraction of sp³-hybridized carbons (Fsp3) is 0.348. The van der Waals surface area contributed by atoms with Gasteiger partial charge in [-0.15, -0.1) is 0 Å². The molecule has 2 heterocycles. The summed E-state index contributed by atoms with van der Waals surface area (Å²) in [6.07, 6.45) is 2.39. The summed E-state index contributed by atoms with van der Waals surface area (Å²) in [6.45, 7) is 5.08. The number of hydrogen-bond donors (Lipinski definition) is 1. The Morgan fingerprint density at radius 3 is 2.69 bits per heavy atom. The number of hydrogen-bond acceptors (Lipinski definition) is 3. The van der Waals surface area contributed by atoms with E-state index < -0.39 is 0 Å². The van der Waals surface area contributed by atoms with Gasteiger partial charge in [0.05, 0.1) is 19.8 Å². The van der Waals surface area contributed by atoms with Crippen LogP contribution in [0.2, 0.25) is 5.02 Å². The van der Waals surface area contributed by atoms with Crippen LogP contribution in [-0.2, 0) is 9.53 Å². The Morgan fingerprint density at radius 2 is 1.97 bits per heavy atom. The van der Waals surface area contributed by atoms with Crippen LogP contribution in [0.1, 0.15) is 30.4 Å². The molecule has 1 saturated heterocycles. The Bertz CT molecular complexity index is 977. The molecule has 1 aliphatic rings. The second-order valence-electron chi connectivity index (χ2n) is 7.19. The van der Waals surface area contributed by atoms with E-state index in [0.29, 0.717) is 44.4 Å². The average Bonchev–Trinajstić information content (AvgIpc) is 3.16. The van der Waals surface area contributed by atoms with E-state index in [-0.39, 0.29) is 11.8 Å². The first-order valence-electron chi connectivity index (χ1n) is 10.0. The van der Waals surface area contributed by atoms with Crippen molar-refractivity contribution in [3.05, 3.63) is 64.8 Å². The van der Waals surface area contributed by atoms with E-state index in [0.717, 1.165) is 27.8 Å². The number of aromatic nitrogens is 1. The van der Waals surface area contributed by atoms with E-state index in [9.17, 15) is 4.79 Å². The molecule has 1 aliphatic heterocycles. The van der Waals surface area contributed by atoms with Crippen LogP contribution in [0.15, 0.2) is 48.7 Å². The van der Waals surface area contributed by atoms with Gasteiger partial charge in [0, 0.05) is 47.6 Å². The number of benzene rings is 2. The zero-order chi connectivity index (χ0) is 20.2. The summed E-state index contributed by atoms with van der Waals surface area (Å²) < 4.78 is 11.0. The minimum absolute atomic E-state index is 0.0757. The number of ether oxygens (including phenoxy) is 2. The molecule has 0 bridgehead atoms. The van der Waals surface area contributed by atoms with Gasteiger partial charge in [-0.25, -0.2) is 0 Å². The number of halogens is 1. The molecule has 1 fully saturated rings. The molecule has 29 heavy (non-hydrogen) atoms. The summed E-state index contributed by atoms with van der Waals surface area (Å²) in [6, 6.07) is 13.8. The minimum Gasteiger partial charge on any atom is -0.494 e. The molecular formula is C23H25ClN2O3. The Labute approximate surface area is 175 Å². The first kappa shape index (κ1) is 19.8. The summed E-state index contributed by atoms with van der Waals surface area (Å²) in [7, 11) is 0. The molecule has 152 valence electrons. The van der Waals surface area contributed by atoms with E-state index in [4.69, 9.17) is 21.1 Å². The van der Waals surface area contributed by atoms with E-state index in [1.807, 2.05) is 60.5 Å². The zero-order valence-corrected chi connectivity index (χ0v) is 17.2. The van der Waals surface area contributed by atoms with Crippen molar-refractivity contribution in [3.8, 4) is 5.75 Å². The first-order chi connectivity index (χ1) is 14.2. The maximum absolute atomic E-state index is 13.1. The SMILES string of the molecule is CCOc1ccc(C(CC(=O)N2CCOCC2)c2c[nH]c3ccc(Cl)cc23)cc1. The number of morpholine rings is 1. The third-order valence-corrected chi connectivity index (χ3v) is 5.62. The predicted molar refractivity (Wildman–Crippen MR) is 115 cm³/mol. The number of aromatic amines is 1. The van der Waals surface area contributed by atoms with Gasteiger partial charge in [-0.3, -0.25) is 4.79 Å². The number of H-pyrrole nitrogens is 1. The number of carbonyl (C=O) groups is 1. The Kier molecular flexibility index (Phi) is 6.07. The molecule has 0 spiro atoms. The number of rotatable bonds is 6. The van der Waals surface area contributed by atoms with Crippen molar-refractivity contribution in [2.45, 2.75) is 19.3 Å². The van der Waals surface area contributed by atoms with Crippen LogP contribution >= 0.6 is 11.6 Å². The second kappa shape index (κ2) is 8.89. The summed E-state index contributed by atoms with van der Waals surface area (Å²) >= 11 is 6.26. The van der Waals surface area contributed by atoms with Gasteiger partial charge >= 0.3 is 0 Å². The van der Waals surface area contributed by atoms with Crippen molar-refractivity contribution in [2.75, 3.05) is 32.9 Å². The largest absolute Gasteiger partial charge is 0.494 e. The van der Waals surface area contributed by atoms with Gasteiger partial charge in [-0.05, 0) is 48.4 Å². The third kappa shape index (κ3) is 4.41. The van der Waals surface area contributed by atoms with E-state index in [1.165, 1.54) is 0 Å². The lowest BCUT2D eigenvalue weighted by Gasteiger charge is -2.28. The molecule has 0 radical (unpaired) electrons. The Morgan fingerprint density at radius 1 is 1.21 bits per heavy atom. The van der Waals surface area contributed by atoms with Crippen molar-refractivity contribution in [1.82, 2.24) is 9.88 Å². The summed E-state index contributed by atoms with van der Waals surface area (Å²) in [5, 5.41) is 1.73. The maximum atomic E-state index is 13.1. The highest BCUT2D eigenvalue weighted by Crippen LogP contribution is 2.35. The number of fused-ring (bicyclic) bond motifs is 1. The monoisotopic (exact) mass is 412 g/mol. The molecule has 2 aromatic carbocycles. The predicted octanol–water partition coefficient (Wildman–Crippen LogP) is 4.60. The van der Waals surface area contributed by atoms with Crippen molar-refractivity contribution in [3.63, 3.8) is 0 Å². The summed E-state index contributed by atoms with van der Waals surface area (Å²) in [5.74, 6) is 0.897. The van der Waals surface area contributed by atoms with Crippen molar-refractivity contribution >= 4 is 28.4 Å². The molecule has 1 atom stereocenters. The van der Waals surface area contributed by atoms with E-state index >= 15 is 0 Å². The highest BCUT2D eigenvalue weighted by atomic mass is 35.5. The molecule has 1 amide bonds. The molecule has 1 aromatic heterocycles. The van der Waals surface area contributed by atoms with Gasteiger partial charge in [-0.1, -0.05) is 23.7 Å². The maximum Gasteiger partial charge on any atom is 0.223 e. The van der Waals surface area contributed by atoms with Gasteiger partial charge in [-0.2, -0.15) is 0 Å². The molecule has 1 unspecified atom stereocenters. The van der Waals surface area contributed by atoms with E-state index in [2.05, 4.69) is 4.98 Å². The third-order valence-electron chi connectivity index (χ3n) is 5.39. The molecule has 5 nitrogen and oxygen atoms in total. The lowest BCUT2D eigenvalue weighted by Crippen LogP contribution is -2.41. The van der Waals surface area contributed by atoms with Crippen LogP contribution in [0.3, 0.4) is 0 Å². The normalized spacial score (nSPS) is 15.4. The van der Waals surface area contributed by atoms with Crippen LogP contribution in [-0.4, -0.2) is 48.7 Å². The standard InChI is InChI=1S/C23H25ClN2O3/c1-2-29-18-6-3-16(4-7-18)19(14-23(27)26-9-11-28-12-10-26)21-15-25-22-8-5-17(24)13-20(21)22/h3-8,13,15,19,25H,2,9-12,14H2,1H3. The van der Waals surface area contributed by atoms with Crippen LogP contribution < -0.4 is 4.74 Å². The minimum atomic E-state index is -0.0757. The fourth-order valence-corrected chi connectivity index (χ4v) is 4.06. The molecule has 0 aliphatic carbocycles. The van der Waals surface area contributed by atoms with Crippen LogP contribution in [0, 0.1) is 0 Å². The van der Waals surface area contributed by atoms with Gasteiger partial charge in [0.15, 0.2) is 0 Å². The van der Waals surface area contributed by atoms with Gasteiger partial charge in [0.2, 0.25) is 5.91 Å². The number of nitrogens with zero attached hydrogens (tertiary/aromatic N) is 1. The number of carbonyl (C=O) groups excluding carboxylic acids is 1. The number of amides is 1. The molecule has 6 heteroatoms. The fourth-order valence-electron chi connectivity index (χ4n) is 3.89. The lowest BCUT2D eigenvalue weighted by molar-refractivity contribution is -0.135. The zero-order valence-electron chi connectivity index (χ0n) is 16.5. The summed E-state index contributed by atoms with van der Waals surface area (Å²) in [4.78, 5) is 18.3. The molecule has 3 aromatic rings. The molecule has 0 saturated carbocycles. The van der Waals surface area contributed by atoms with Gasteiger partial charge < -0.3 is 19.4 Å². The quantitative estimate of drug-likeness (QED) is 0.643. The van der Waals surface area contributed by atoms with Crippen molar-refractivity contribution < 1.29 is 14.3 Å². The Balaban J connectivity index is 1.69. The Hall–Kier alpha value is -2.50. The lowest BCUT2D eigenvalue weighted by atomic mass is 9.87. The second-order valence-corrected chi connectivity index (χ2v) is 7.62. The van der Waals surface area contributed by atoms with Crippen LogP contribution in [0.5, 0.6) is 5.75 Å². The van der Waals surface area contributed by atoms with Crippen LogP contribution in [0.4, 0.5) is 0 Å². The molecule has 4 rings (SSSR count).